The van der Waals surface area contributed by atoms with Gasteiger partial charge in [-0.2, -0.15) is 13.2 Å². The Hall–Kier alpha value is -2.00. The van der Waals surface area contributed by atoms with E-state index in [0.717, 1.165) is 4.90 Å². The van der Waals surface area contributed by atoms with Crippen LogP contribution < -0.4 is 10.6 Å². The summed E-state index contributed by atoms with van der Waals surface area (Å²) < 4.78 is 38.2. The number of nitrogens with zero attached hydrogens (tertiary/aromatic N) is 1. The van der Waals surface area contributed by atoms with Gasteiger partial charge in [-0.1, -0.05) is 0 Å². The minimum Gasteiger partial charge on any atom is -0.479 e. The molecule has 0 radical (unpaired) electrons. The predicted octanol–water partition coefficient (Wildman–Crippen LogP) is -0.0765. The first-order chi connectivity index (χ1) is 9.08. The molecular formula is C10H14F3N3O4. The summed E-state index contributed by atoms with van der Waals surface area (Å²) in [7, 11) is 0. The highest BCUT2D eigenvalue weighted by Crippen LogP contribution is 2.30. The summed E-state index contributed by atoms with van der Waals surface area (Å²) in [5.41, 5.74) is -3.41. The standard InChI is InChI=1S/C10H14F3N3O4/c1-9(7(18)19,10(11,12)13)15-8(20)16-4-2-3-14-6(17)5-16/h2-5H2,1H3,(H,14,17)(H,15,20)(H,18,19). The molecule has 1 fully saturated rings. The molecule has 0 aromatic carbocycles. The lowest BCUT2D eigenvalue weighted by Crippen LogP contribution is -2.64. The summed E-state index contributed by atoms with van der Waals surface area (Å²) in [5.74, 6) is -2.74. The van der Waals surface area contributed by atoms with Crippen molar-refractivity contribution in [2.24, 2.45) is 0 Å². The molecule has 0 spiro atoms. The first kappa shape index (κ1) is 16.1. The molecule has 1 heterocycles. The van der Waals surface area contributed by atoms with Crippen molar-refractivity contribution in [3.05, 3.63) is 0 Å². The summed E-state index contributed by atoms with van der Waals surface area (Å²) in [4.78, 5) is 34.6. The zero-order valence-electron chi connectivity index (χ0n) is 10.6. The number of carbonyl (C=O) groups is 3. The molecule has 1 saturated heterocycles. The highest BCUT2D eigenvalue weighted by molar-refractivity contribution is 5.89. The fourth-order valence-electron chi connectivity index (χ4n) is 1.52. The molecule has 10 heteroatoms. The topological polar surface area (TPSA) is 98.7 Å². The van der Waals surface area contributed by atoms with Crippen LogP contribution in [0.2, 0.25) is 0 Å². The monoisotopic (exact) mass is 297 g/mol. The lowest BCUT2D eigenvalue weighted by Gasteiger charge is -2.31. The highest BCUT2D eigenvalue weighted by Gasteiger charge is 2.58. The summed E-state index contributed by atoms with van der Waals surface area (Å²) in [6.45, 7) is 0.292. The molecule has 0 saturated carbocycles. The Morgan fingerprint density at radius 1 is 1.40 bits per heavy atom. The summed E-state index contributed by atoms with van der Waals surface area (Å²) >= 11 is 0. The molecule has 1 rings (SSSR count). The van der Waals surface area contributed by atoms with Gasteiger partial charge in [-0.05, 0) is 13.3 Å². The SMILES string of the molecule is CC(NC(=O)N1CCCNC(=O)C1)(C(=O)O)C(F)(F)F. The van der Waals surface area contributed by atoms with Gasteiger partial charge in [0.25, 0.3) is 0 Å². The van der Waals surface area contributed by atoms with Gasteiger partial charge in [0.15, 0.2) is 0 Å². The van der Waals surface area contributed by atoms with E-state index in [1.807, 2.05) is 0 Å². The van der Waals surface area contributed by atoms with E-state index in [0.29, 0.717) is 19.9 Å². The number of nitrogens with one attached hydrogen (secondary N) is 2. The summed E-state index contributed by atoms with van der Waals surface area (Å²) in [6, 6.07) is -1.25. The van der Waals surface area contributed by atoms with Crippen molar-refractivity contribution in [2.45, 2.75) is 25.1 Å². The summed E-state index contributed by atoms with van der Waals surface area (Å²) in [6.07, 6.45) is -4.79. The zero-order valence-corrected chi connectivity index (χ0v) is 10.6. The van der Waals surface area contributed by atoms with Crippen LogP contribution in [0.15, 0.2) is 0 Å². The van der Waals surface area contributed by atoms with E-state index < -0.39 is 36.2 Å². The number of hydrogen-bond donors (Lipinski definition) is 3. The normalized spacial score (nSPS) is 19.6. The Bertz CT molecular complexity index is 426. The number of carboxylic acids is 1. The number of aliphatic carboxylic acids is 1. The van der Waals surface area contributed by atoms with Crippen LogP contribution >= 0.6 is 0 Å². The first-order valence-electron chi connectivity index (χ1n) is 5.72. The molecule has 114 valence electrons. The number of alkyl halides is 3. The van der Waals surface area contributed by atoms with E-state index in [9.17, 15) is 27.6 Å². The van der Waals surface area contributed by atoms with Crippen molar-refractivity contribution in [1.29, 1.82) is 0 Å². The Morgan fingerprint density at radius 3 is 2.50 bits per heavy atom. The number of hydrogen-bond acceptors (Lipinski definition) is 3. The molecule has 1 aliphatic rings. The van der Waals surface area contributed by atoms with Crippen LogP contribution in [0.1, 0.15) is 13.3 Å². The largest absolute Gasteiger partial charge is 0.479 e. The van der Waals surface area contributed by atoms with Gasteiger partial charge in [0, 0.05) is 13.1 Å². The van der Waals surface area contributed by atoms with Crippen LogP contribution in [0.4, 0.5) is 18.0 Å². The minimum absolute atomic E-state index is 0.0537. The molecule has 0 aromatic heterocycles. The second kappa shape index (κ2) is 5.55. The second-order valence-electron chi connectivity index (χ2n) is 4.48. The number of amides is 3. The minimum atomic E-state index is -5.16. The average molecular weight is 297 g/mol. The van der Waals surface area contributed by atoms with E-state index in [1.165, 1.54) is 5.32 Å². The van der Waals surface area contributed by atoms with Crippen molar-refractivity contribution in [3.8, 4) is 0 Å². The van der Waals surface area contributed by atoms with Gasteiger partial charge in [0.2, 0.25) is 11.4 Å². The number of carboxylic acid groups (broad SMARTS) is 1. The Labute approximate surface area is 112 Å². The quantitative estimate of drug-likeness (QED) is 0.664. The maximum absolute atomic E-state index is 12.7. The van der Waals surface area contributed by atoms with Crippen LogP contribution in [0.25, 0.3) is 0 Å². The maximum atomic E-state index is 12.7. The molecule has 3 amide bonds. The lowest BCUT2D eigenvalue weighted by atomic mass is 10.0. The number of urea groups is 1. The van der Waals surface area contributed by atoms with E-state index in [2.05, 4.69) is 5.32 Å². The molecule has 0 aliphatic carbocycles. The van der Waals surface area contributed by atoms with Gasteiger partial charge in [-0.15, -0.1) is 0 Å². The molecule has 1 unspecified atom stereocenters. The first-order valence-corrected chi connectivity index (χ1v) is 5.72. The van der Waals surface area contributed by atoms with Crippen molar-refractivity contribution < 1.29 is 32.7 Å². The Morgan fingerprint density at radius 2 is 2.00 bits per heavy atom. The molecule has 20 heavy (non-hydrogen) atoms. The van der Waals surface area contributed by atoms with Gasteiger partial charge in [0.1, 0.15) is 6.54 Å². The molecule has 0 bridgehead atoms. The van der Waals surface area contributed by atoms with E-state index >= 15 is 0 Å². The van der Waals surface area contributed by atoms with Crippen molar-refractivity contribution >= 4 is 17.9 Å². The van der Waals surface area contributed by atoms with Gasteiger partial charge >= 0.3 is 18.2 Å². The van der Waals surface area contributed by atoms with Gasteiger partial charge < -0.3 is 20.6 Å². The lowest BCUT2D eigenvalue weighted by molar-refractivity contribution is -0.203. The Kier molecular flexibility index (Phi) is 4.46. The Balaban J connectivity index is 2.86. The van der Waals surface area contributed by atoms with Crippen LogP contribution in [0, 0.1) is 0 Å². The smallest absolute Gasteiger partial charge is 0.422 e. The van der Waals surface area contributed by atoms with Crippen molar-refractivity contribution in [3.63, 3.8) is 0 Å². The van der Waals surface area contributed by atoms with E-state index in [1.54, 1.807) is 0 Å². The van der Waals surface area contributed by atoms with Crippen LogP contribution in [-0.4, -0.2) is 59.3 Å². The van der Waals surface area contributed by atoms with Crippen molar-refractivity contribution in [1.82, 2.24) is 15.5 Å². The number of halogens is 3. The molecule has 1 aliphatic heterocycles. The number of rotatable bonds is 2. The van der Waals surface area contributed by atoms with Gasteiger partial charge in [-0.3, -0.25) is 4.79 Å². The molecule has 1 atom stereocenters. The van der Waals surface area contributed by atoms with Gasteiger partial charge in [0.05, 0.1) is 0 Å². The van der Waals surface area contributed by atoms with Crippen LogP contribution in [-0.2, 0) is 9.59 Å². The van der Waals surface area contributed by atoms with Crippen LogP contribution in [0.3, 0.4) is 0 Å². The van der Waals surface area contributed by atoms with E-state index in [4.69, 9.17) is 5.11 Å². The third-order valence-corrected chi connectivity index (χ3v) is 2.90. The molecular weight excluding hydrogens is 283 g/mol. The summed E-state index contributed by atoms with van der Waals surface area (Å²) in [5, 5.41) is 12.6. The molecule has 0 aromatic rings. The molecule has 7 nitrogen and oxygen atoms in total. The molecule has 3 N–H and O–H groups in total. The second-order valence-corrected chi connectivity index (χ2v) is 4.48. The fraction of sp³-hybridized carbons (Fsp3) is 0.700. The average Bonchev–Trinajstić information content (AvgIpc) is 2.52. The van der Waals surface area contributed by atoms with Crippen molar-refractivity contribution in [2.75, 3.05) is 19.6 Å². The highest BCUT2D eigenvalue weighted by atomic mass is 19.4. The third-order valence-electron chi connectivity index (χ3n) is 2.90. The fourth-order valence-corrected chi connectivity index (χ4v) is 1.52. The van der Waals surface area contributed by atoms with Gasteiger partial charge in [-0.25, -0.2) is 9.59 Å². The predicted molar refractivity (Wildman–Crippen MR) is 59.8 cm³/mol. The third kappa shape index (κ3) is 3.31. The van der Waals surface area contributed by atoms with Crippen LogP contribution in [0.5, 0.6) is 0 Å². The maximum Gasteiger partial charge on any atom is 0.422 e. The van der Waals surface area contributed by atoms with E-state index in [-0.39, 0.29) is 6.54 Å². The number of carbonyl (C=O) groups excluding carboxylic acids is 2. The zero-order chi connectivity index (χ0) is 15.6.